The van der Waals surface area contributed by atoms with Gasteiger partial charge in [0.15, 0.2) is 5.82 Å². The average molecular weight is 720 g/mol. The van der Waals surface area contributed by atoms with E-state index < -0.39 is 0 Å². The van der Waals surface area contributed by atoms with Gasteiger partial charge in [-0.3, -0.25) is 0 Å². The molecule has 4 nitrogen and oxygen atoms in total. The maximum Gasteiger partial charge on any atom is 0.164 e. The summed E-state index contributed by atoms with van der Waals surface area (Å²) in [5.41, 5.74) is 14.3. The van der Waals surface area contributed by atoms with E-state index in [1.807, 2.05) is 18.2 Å². The van der Waals surface area contributed by atoms with Gasteiger partial charge in [-0.25, -0.2) is 9.97 Å². The minimum atomic E-state index is 0.637. The zero-order valence-corrected chi connectivity index (χ0v) is 30.7. The Labute approximate surface area is 326 Å². The lowest BCUT2D eigenvalue weighted by Gasteiger charge is -2.27. The number of para-hydroxylation sites is 1. The molecule has 2 heterocycles. The summed E-state index contributed by atoms with van der Waals surface area (Å²) in [6.07, 6.45) is 8.43. The predicted octanol–water partition coefficient (Wildman–Crippen LogP) is 14.2. The average Bonchev–Trinajstić information content (AvgIpc) is 3.68. The number of allylic oxidation sites excluding steroid dienone is 4. The third-order valence-corrected chi connectivity index (χ3v) is 10.6. The van der Waals surface area contributed by atoms with Crippen molar-refractivity contribution in [3.63, 3.8) is 0 Å². The summed E-state index contributed by atoms with van der Waals surface area (Å²) in [5, 5.41) is 2.04. The largest absolute Gasteiger partial charge is 0.455 e. The van der Waals surface area contributed by atoms with Crippen LogP contribution in [0.15, 0.2) is 205 Å². The molecule has 1 aliphatic carbocycles. The van der Waals surface area contributed by atoms with E-state index in [0.717, 1.165) is 85.5 Å². The van der Waals surface area contributed by atoms with Crippen molar-refractivity contribution in [2.45, 2.75) is 12.8 Å². The van der Waals surface area contributed by atoms with Crippen molar-refractivity contribution in [2.24, 2.45) is 0 Å². The minimum absolute atomic E-state index is 0.637. The molecule has 4 heteroatoms. The molecule has 0 N–H and O–H groups in total. The highest BCUT2D eigenvalue weighted by Crippen LogP contribution is 2.46. The van der Waals surface area contributed by atoms with Crippen molar-refractivity contribution in [3.8, 4) is 44.9 Å². The smallest absolute Gasteiger partial charge is 0.164 e. The van der Waals surface area contributed by atoms with E-state index in [4.69, 9.17) is 14.4 Å². The van der Waals surface area contributed by atoms with Crippen LogP contribution < -0.4 is 4.90 Å². The highest BCUT2D eigenvalue weighted by atomic mass is 16.3. The highest BCUT2D eigenvalue weighted by Gasteiger charge is 2.24. The summed E-state index contributed by atoms with van der Waals surface area (Å²) in [6.45, 7) is 0. The summed E-state index contributed by atoms with van der Waals surface area (Å²) < 4.78 is 6.85. The van der Waals surface area contributed by atoms with E-state index in [1.165, 1.54) is 16.7 Å². The number of furan rings is 1. The van der Waals surface area contributed by atoms with Gasteiger partial charge in [-0.05, 0) is 89.2 Å². The molecule has 0 unspecified atom stereocenters. The van der Waals surface area contributed by atoms with E-state index in [1.54, 1.807) is 0 Å². The lowest BCUT2D eigenvalue weighted by atomic mass is 9.99. The molecule has 0 radical (unpaired) electrons. The molecule has 0 amide bonds. The fourth-order valence-corrected chi connectivity index (χ4v) is 7.77. The first-order valence-electron chi connectivity index (χ1n) is 19.1. The number of hydrogen-bond acceptors (Lipinski definition) is 4. The molecular weight excluding hydrogens is 683 g/mol. The molecule has 0 aliphatic heterocycles. The second kappa shape index (κ2) is 14.5. The fourth-order valence-electron chi connectivity index (χ4n) is 7.77. The van der Waals surface area contributed by atoms with Crippen LogP contribution in [-0.2, 0) is 0 Å². The van der Waals surface area contributed by atoms with Gasteiger partial charge < -0.3 is 9.32 Å². The van der Waals surface area contributed by atoms with Crippen LogP contribution in [0.25, 0.3) is 72.4 Å². The van der Waals surface area contributed by atoms with E-state index in [2.05, 4.69) is 187 Å². The summed E-state index contributed by atoms with van der Waals surface area (Å²) in [7, 11) is 0. The molecule has 0 bridgehead atoms. The first kappa shape index (κ1) is 33.3. The van der Waals surface area contributed by atoms with Crippen LogP contribution in [-0.4, -0.2) is 9.97 Å². The first-order chi connectivity index (χ1) is 27.8. The Kier molecular flexibility index (Phi) is 8.62. The fraction of sp³-hybridized carbons (Fsp3) is 0.0385. The summed E-state index contributed by atoms with van der Waals surface area (Å²) in [6, 6.07) is 63.8. The molecule has 56 heavy (non-hydrogen) atoms. The molecule has 0 saturated heterocycles. The standard InChI is InChI=1S/C52H37N3O/c1-5-15-36(16-6-1)38-25-29-42(30-26-38)55(43-31-27-39(28-32-43)37-17-7-2-8-18-37)48-34-33-45(51-50(48)44-23-13-14-24-49(44)56-51)52-53-46(40-19-9-3-10-20-40)35-47(54-52)41-21-11-4-12-22-41/h1-11,13-21,23-35H,12,22H2. The van der Waals surface area contributed by atoms with Gasteiger partial charge in [0, 0.05) is 22.3 Å². The number of hydrogen-bond donors (Lipinski definition) is 0. The van der Waals surface area contributed by atoms with Crippen LogP contribution in [0, 0.1) is 0 Å². The molecule has 2 aromatic heterocycles. The zero-order chi connectivity index (χ0) is 37.3. The second-order valence-electron chi connectivity index (χ2n) is 14.1. The third kappa shape index (κ3) is 6.27. The van der Waals surface area contributed by atoms with Crippen molar-refractivity contribution in [1.82, 2.24) is 9.97 Å². The third-order valence-electron chi connectivity index (χ3n) is 10.6. The van der Waals surface area contributed by atoms with Crippen LogP contribution in [0.1, 0.15) is 18.5 Å². The molecule has 10 rings (SSSR count). The number of anilines is 3. The maximum absolute atomic E-state index is 6.85. The molecule has 0 atom stereocenters. The van der Waals surface area contributed by atoms with Crippen LogP contribution in [0.3, 0.4) is 0 Å². The molecule has 9 aromatic rings. The Bertz CT molecular complexity index is 2790. The number of rotatable bonds is 8. The van der Waals surface area contributed by atoms with E-state index in [0.29, 0.717) is 5.82 Å². The first-order valence-corrected chi connectivity index (χ1v) is 19.1. The zero-order valence-electron chi connectivity index (χ0n) is 30.7. The van der Waals surface area contributed by atoms with Gasteiger partial charge in [0.1, 0.15) is 11.2 Å². The topological polar surface area (TPSA) is 42.2 Å². The van der Waals surface area contributed by atoms with Gasteiger partial charge >= 0.3 is 0 Å². The van der Waals surface area contributed by atoms with E-state index in [-0.39, 0.29) is 0 Å². The molecule has 266 valence electrons. The number of benzene rings is 7. The highest BCUT2D eigenvalue weighted by molar-refractivity contribution is 6.16. The van der Waals surface area contributed by atoms with Crippen LogP contribution in [0.5, 0.6) is 0 Å². The molecule has 7 aromatic carbocycles. The Hall–Kier alpha value is -7.30. The number of nitrogens with zero attached hydrogens (tertiary/aromatic N) is 3. The monoisotopic (exact) mass is 719 g/mol. The number of aromatic nitrogens is 2. The van der Waals surface area contributed by atoms with Gasteiger partial charge in [-0.1, -0.05) is 152 Å². The quantitative estimate of drug-likeness (QED) is 0.157. The van der Waals surface area contributed by atoms with Crippen molar-refractivity contribution in [2.75, 3.05) is 4.90 Å². The second-order valence-corrected chi connectivity index (χ2v) is 14.1. The van der Waals surface area contributed by atoms with Crippen molar-refractivity contribution >= 4 is 44.6 Å². The lowest BCUT2D eigenvalue weighted by molar-refractivity contribution is 0.669. The minimum Gasteiger partial charge on any atom is -0.455 e. The predicted molar refractivity (Wildman–Crippen MR) is 232 cm³/mol. The van der Waals surface area contributed by atoms with Crippen molar-refractivity contribution in [1.29, 1.82) is 0 Å². The van der Waals surface area contributed by atoms with Gasteiger partial charge in [-0.2, -0.15) is 0 Å². The molecule has 0 spiro atoms. The van der Waals surface area contributed by atoms with Crippen molar-refractivity contribution < 1.29 is 4.42 Å². The lowest BCUT2D eigenvalue weighted by Crippen LogP contribution is -2.10. The summed E-state index contributed by atoms with van der Waals surface area (Å²) in [4.78, 5) is 12.8. The SMILES string of the molecule is C1=CCCC(c2cc(-c3ccccc3)nc(-c3ccc(N(c4ccc(-c5ccccc5)cc4)c4ccc(-c5ccccc5)cc4)c4c3oc3ccccc34)n2)=C1. The van der Waals surface area contributed by atoms with Crippen LogP contribution >= 0.6 is 0 Å². The Morgan fingerprint density at radius 1 is 0.500 bits per heavy atom. The van der Waals surface area contributed by atoms with Crippen LogP contribution in [0.4, 0.5) is 17.1 Å². The maximum atomic E-state index is 6.85. The van der Waals surface area contributed by atoms with Gasteiger partial charge in [0.2, 0.25) is 0 Å². The van der Waals surface area contributed by atoms with E-state index in [9.17, 15) is 0 Å². The molecule has 0 saturated carbocycles. The van der Waals surface area contributed by atoms with Crippen molar-refractivity contribution in [3.05, 3.63) is 206 Å². The van der Waals surface area contributed by atoms with Gasteiger partial charge in [0.25, 0.3) is 0 Å². The summed E-state index contributed by atoms with van der Waals surface area (Å²) in [5.74, 6) is 0.637. The van der Waals surface area contributed by atoms with Crippen LogP contribution in [0.2, 0.25) is 0 Å². The Balaban J connectivity index is 1.18. The molecule has 0 fully saturated rings. The normalized spacial score (nSPS) is 12.5. The number of fused-ring (bicyclic) bond motifs is 3. The molecule has 1 aliphatic rings. The Morgan fingerprint density at radius 2 is 1.05 bits per heavy atom. The molecular formula is C52H37N3O. The van der Waals surface area contributed by atoms with E-state index >= 15 is 0 Å². The Morgan fingerprint density at radius 3 is 1.66 bits per heavy atom. The summed E-state index contributed by atoms with van der Waals surface area (Å²) >= 11 is 0. The van der Waals surface area contributed by atoms with Gasteiger partial charge in [-0.15, -0.1) is 0 Å². The van der Waals surface area contributed by atoms with Gasteiger partial charge in [0.05, 0.1) is 28.0 Å².